The summed E-state index contributed by atoms with van der Waals surface area (Å²) in [5, 5.41) is 12.7. The van der Waals surface area contributed by atoms with Crippen LogP contribution in [0.3, 0.4) is 0 Å². The Kier molecular flexibility index (Phi) is 4.74. The third kappa shape index (κ3) is 3.65. The highest BCUT2D eigenvalue weighted by Gasteiger charge is 2.19. The van der Waals surface area contributed by atoms with Gasteiger partial charge in [-0.05, 0) is 18.8 Å². The van der Waals surface area contributed by atoms with Crippen LogP contribution in [0.4, 0.5) is 0 Å². The zero-order valence-corrected chi connectivity index (χ0v) is 8.92. The van der Waals surface area contributed by atoms with Gasteiger partial charge in [0.05, 0.1) is 6.61 Å². The van der Waals surface area contributed by atoms with Crippen LogP contribution in [0.25, 0.3) is 0 Å². The molecule has 0 aromatic heterocycles. The van der Waals surface area contributed by atoms with Crippen molar-refractivity contribution >= 4 is 0 Å². The molecule has 1 rings (SSSR count). The quantitative estimate of drug-likeness (QED) is 0.701. The molecule has 0 aliphatic heterocycles. The van der Waals surface area contributed by atoms with Crippen LogP contribution in [0.15, 0.2) is 0 Å². The number of aliphatic hydroxyl groups is 1. The molecule has 0 aromatic rings. The van der Waals surface area contributed by atoms with Crippen molar-refractivity contribution in [3.63, 3.8) is 0 Å². The second-order valence-corrected chi connectivity index (χ2v) is 4.53. The summed E-state index contributed by atoms with van der Waals surface area (Å²) in [5.41, 5.74) is 0. The van der Waals surface area contributed by atoms with Gasteiger partial charge in [0.2, 0.25) is 0 Å². The van der Waals surface area contributed by atoms with E-state index in [1.165, 1.54) is 32.1 Å². The zero-order valence-electron chi connectivity index (χ0n) is 8.92. The fraction of sp³-hybridized carbons (Fsp3) is 1.00. The minimum atomic E-state index is 0.272. The molecule has 0 aromatic carbocycles. The van der Waals surface area contributed by atoms with Crippen molar-refractivity contribution in [2.45, 2.75) is 58.0 Å². The molecule has 1 fully saturated rings. The number of aliphatic hydroxyl groups excluding tert-OH is 1. The summed E-state index contributed by atoms with van der Waals surface area (Å²) in [5.74, 6) is 0.534. The number of hydrogen-bond donors (Lipinski definition) is 2. The van der Waals surface area contributed by atoms with E-state index in [2.05, 4.69) is 19.2 Å². The van der Waals surface area contributed by atoms with Gasteiger partial charge in [-0.25, -0.2) is 0 Å². The molecule has 0 amide bonds. The van der Waals surface area contributed by atoms with E-state index in [4.69, 9.17) is 5.11 Å². The molecular weight excluding hydrogens is 162 g/mol. The van der Waals surface area contributed by atoms with E-state index in [0.29, 0.717) is 18.0 Å². The highest BCUT2D eigenvalue weighted by molar-refractivity contribution is 4.78. The van der Waals surface area contributed by atoms with E-state index in [9.17, 15) is 0 Å². The summed E-state index contributed by atoms with van der Waals surface area (Å²) in [6.07, 6.45) is 6.69. The van der Waals surface area contributed by atoms with Crippen LogP contribution in [0.2, 0.25) is 0 Å². The molecule has 1 aliphatic rings. The molecule has 1 saturated carbocycles. The van der Waals surface area contributed by atoms with E-state index in [-0.39, 0.29) is 6.61 Å². The topological polar surface area (TPSA) is 32.3 Å². The summed E-state index contributed by atoms with van der Waals surface area (Å²) >= 11 is 0. The van der Waals surface area contributed by atoms with Crippen molar-refractivity contribution in [3.8, 4) is 0 Å². The summed E-state index contributed by atoms with van der Waals surface area (Å²) < 4.78 is 0. The van der Waals surface area contributed by atoms with Crippen LogP contribution in [-0.4, -0.2) is 23.8 Å². The van der Waals surface area contributed by atoms with Gasteiger partial charge in [0, 0.05) is 12.1 Å². The predicted octanol–water partition coefficient (Wildman–Crippen LogP) is 1.93. The molecule has 0 heterocycles. The van der Waals surface area contributed by atoms with Crippen LogP contribution in [0.5, 0.6) is 0 Å². The molecule has 1 atom stereocenters. The minimum Gasteiger partial charge on any atom is -0.395 e. The summed E-state index contributed by atoms with van der Waals surface area (Å²) in [4.78, 5) is 0. The maximum Gasteiger partial charge on any atom is 0.0587 e. The van der Waals surface area contributed by atoms with Crippen molar-refractivity contribution in [1.82, 2.24) is 5.32 Å². The monoisotopic (exact) mass is 185 g/mol. The van der Waals surface area contributed by atoms with Crippen molar-refractivity contribution < 1.29 is 5.11 Å². The molecule has 0 radical (unpaired) electrons. The van der Waals surface area contributed by atoms with Gasteiger partial charge in [0.15, 0.2) is 0 Å². The molecule has 1 aliphatic carbocycles. The van der Waals surface area contributed by atoms with Gasteiger partial charge in [0.25, 0.3) is 0 Å². The van der Waals surface area contributed by atoms with Gasteiger partial charge in [-0.15, -0.1) is 0 Å². The van der Waals surface area contributed by atoms with E-state index in [1.54, 1.807) is 0 Å². The van der Waals surface area contributed by atoms with Gasteiger partial charge >= 0.3 is 0 Å². The largest absolute Gasteiger partial charge is 0.395 e. The Bertz CT molecular complexity index is 130. The van der Waals surface area contributed by atoms with E-state index >= 15 is 0 Å². The van der Waals surface area contributed by atoms with Crippen LogP contribution in [0, 0.1) is 5.92 Å². The summed E-state index contributed by atoms with van der Waals surface area (Å²) in [7, 11) is 0. The Hall–Kier alpha value is -0.0800. The molecule has 0 spiro atoms. The average molecular weight is 185 g/mol. The van der Waals surface area contributed by atoms with Crippen molar-refractivity contribution in [2.75, 3.05) is 6.61 Å². The second kappa shape index (κ2) is 5.61. The molecule has 2 nitrogen and oxygen atoms in total. The third-order valence-corrected chi connectivity index (χ3v) is 3.06. The average Bonchev–Trinajstić information content (AvgIpc) is 2.15. The third-order valence-electron chi connectivity index (χ3n) is 3.06. The van der Waals surface area contributed by atoms with E-state index < -0.39 is 0 Å². The van der Waals surface area contributed by atoms with Gasteiger partial charge < -0.3 is 10.4 Å². The first-order valence-electron chi connectivity index (χ1n) is 5.61. The first-order chi connectivity index (χ1) is 6.24. The molecular formula is C11H23NO. The van der Waals surface area contributed by atoms with Crippen LogP contribution in [0.1, 0.15) is 46.0 Å². The normalized spacial score (nSPS) is 22.2. The number of nitrogens with one attached hydrogen (secondary N) is 1. The molecule has 0 saturated heterocycles. The highest BCUT2D eigenvalue weighted by Crippen LogP contribution is 2.18. The maximum absolute atomic E-state index is 9.16. The number of hydrogen-bond acceptors (Lipinski definition) is 2. The maximum atomic E-state index is 9.16. The Balaban J connectivity index is 2.27. The Morgan fingerprint density at radius 1 is 1.23 bits per heavy atom. The van der Waals surface area contributed by atoms with E-state index in [0.717, 1.165) is 0 Å². The smallest absolute Gasteiger partial charge is 0.0587 e. The zero-order chi connectivity index (χ0) is 9.68. The van der Waals surface area contributed by atoms with Crippen LogP contribution >= 0.6 is 0 Å². The Labute approximate surface area is 81.7 Å². The second-order valence-electron chi connectivity index (χ2n) is 4.53. The lowest BCUT2D eigenvalue weighted by Crippen LogP contribution is -2.44. The van der Waals surface area contributed by atoms with Crippen molar-refractivity contribution in [1.29, 1.82) is 0 Å². The lowest BCUT2D eigenvalue weighted by atomic mass is 9.93. The van der Waals surface area contributed by atoms with Gasteiger partial charge in [-0.3, -0.25) is 0 Å². The lowest BCUT2D eigenvalue weighted by Gasteiger charge is -2.29. The van der Waals surface area contributed by atoms with Crippen molar-refractivity contribution in [2.24, 2.45) is 5.92 Å². The minimum absolute atomic E-state index is 0.272. The molecule has 2 N–H and O–H groups in total. The Morgan fingerprint density at radius 3 is 2.31 bits per heavy atom. The Morgan fingerprint density at radius 2 is 1.85 bits per heavy atom. The molecule has 0 unspecified atom stereocenters. The summed E-state index contributed by atoms with van der Waals surface area (Å²) in [6, 6.07) is 0.955. The van der Waals surface area contributed by atoms with Gasteiger partial charge in [-0.2, -0.15) is 0 Å². The standard InChI is InChI=1S/C11H23NO/c1-9(2)11(8-13)12-10-6-4-3-5-7-10/h9-13H,3-8H2,1-2H3/t11-/m1/s1. The molecule has 13 heavy (non-hydrogen) atoms. The highest BCUT2D eigenvalue weighted by atomic mass is 16.3. The first kappa shape index (κ1) is 11.0. The van der Waals surface area contributed by atoms with E-state index in [1.807, 2.05) is 0 Å². The number of rotatable bonds is 4. The van der Waals surface area contributed by atoms with Gasteiger partial charge in [0.1, 0.15) is 0 Å². The van der Waals surface area contributed by atoms with Crippen LogP contribution in [-0.2, 0) is 0 Å². The lowest BCUT2D eigenvalue weighted by molar-refractivity contribution is 0.188. The molecule has 78 valence electrons. The SMILES string of the molecule is CC(C)[C@@H](CO)NC1CCCCC1. The van der Waals surface area contributed by atoms with Crippen molar-refractivity contribution in [3.05, 3.63) is 0 Å². The molecule has 2 heteroatoms. The first-order valence-corrected chi connectivity index (χ1v) is 5.61. The molecule has 0 bridgehead atoms. The summed E-state index contributed by atoms with van der Waals surface area (Å²) in [6.45, 7) is 4.60. The fourth-order valence-electron chi connectivity index (χ4n) is 2.03. The van der Waals surface area contributed by atoms with Gasteiger partial charge in [-0.1, -0.05) is 33.1 Å². The fourth-order valence-corrected chi connectivity index (χ4v) is 2.03. The van der Waals surface area contributed by atoms with Crippen LogP contribution < -0.4 is 5.32 Å². The predicted molar refractivity (Wildman–Crippen MR) is 55.7 cm³/mol.